The first kappa shape index (κ1) is 13.3. The van der Waals surface area contributed by atoms with Crippen molar-refractivity contribution in [3.8, 4) is 0 Å². The molecule has 1 N–H and O–H groups in total. The molecule has 0 aliphatic heterocycles. The van der Waals surface area contributed by atoms with E-state index in [2.05, 4.69) is 65.9 Å². The number of aromatic nitrogens is 1. The number of aryl methyl sites for hydroxylation is 1. The van der Waals surface area contributed by atoms with E-state index in [0.717, 1.165) is 17.8 Å². The highest BCUT2D eigenvalue weighted by Gasteiger charge is 2.17. The van der Waals surface area contributed by atoms with Crippen molar-refractivity contribution in [1.82, 2.24) is 10.3 Å². The number of thiophene rings is 1. The van der Waals surface area contributed by atoms with Crippen molar-refractivity contribution in [2.75, 3.05) is 6.54 Å². The molecule has 0 amide bonds. The molecule has 2 nitrogen and oxygen atoms in total. The first-order chi connectivity index (χ1) is 9.79. The maximum Gasteiger partial charge on any atom is 0.0708 e. The number of hydrogen-bond acceptors (Lipinski definition) is 3. The highest BCUT2D eigenvalue weighted by atomic mass is 32.1. The van der Waals surface area contributed by atoms with Crippen LogP contribution in [0.2, 0.25) is 0 Å². The van der Waals surface area contributed by atoms with Crippen LogP contribution in [0.15, 0.2) is 47.8 Å². The molecule has 0 aliphatic rings. The lowest BCUT2D eigenvalue weighted by Crippen LogP contribution is -2.21. The molecule has 0 fully saturated rings. The highest BCUT2D eigenvalue weighted by molar-refractivity contribution is 7.10. The van der Waals surface area contributed by atoms with Gasteiger partial charge in [-0.2, -0.15) is 0 Å². The smallest absolute Gasteiger partial charge is 0.0708 e. The van der Waals surface area contributed by atoms with Crippen molar-refractivity contribution in [1.29, 1.82) is 0 Å². The third-order valence-corrected chi connectivity index (χ3v) is 4.36. The van der Waals surface area contributed by atoms with Gasteiger partial charge >= 0.3 is 0 Å². The second-order valence-corrected chi connectivity index (χ2v) is 5.86. The minimum atomic E-state index is 0.242. The summed E-state index contributed by atoms with van der Waals surface area (Å²) in [4.78, 5) is 5.99. The Hall–Kier alpha value is -1.71. The summed E-state index contributed by atoms with van der Waals surface area (Å²) in [7, 11) is 0. The van der Waals surface area contributed by atoms with E-state index in [4.69, 9.17) is 0 Å². The molecule has 0 bridgehead atoms. The van der Waals surface area contributed by atoms with Crippen molar-refractivity contribution in [3.63, 3.8) is 0 Å². The summed E-state index contributed by atoms with van der Waals surface area (Å²) < 4.78 is 0. The number of benzene rings is 1. The van der Waals surface area contributed by atoms with Crippen molar-refractivity contribution < 1.29 is 0 Å². The minimum Gasteiger partial charge on any atom is -0.306 e. The van der Waals surface area contributed by atoms with Crippen LogP contribution in [0.4, 0.5) is 0 Å². The van der Waals surface area contributed by atoms with Crippen LogP contribution in [0.3, 0.4) is 0 Å². The second-order valence-electron chi connectivity index (χ2n) is 4.88. The number of hydrogen-bond donors (Lipinski definition) is 1. The first-order valence-electron chi connectivity index (χ1n) is 6.92. The van der Waals surface area contributed by atoms with Crippen LogP contribution < -0.4 is 5.32 Å². The zero-order valence-corrected chi connectivity index (χ0v) is 12.6. The van der Waals surface area contributed by atoms with Gasteiger partial charge in [0.2, 0.25) is 0 Å². The van der Waals surface area contributed by atoms with E-state index < -0.39 is 0 Å². The Morgan fingerprint density at radius 1 is 1.20 bits per heavy atom. The third kappa shape index (κ3) is 2.47. The Balaban J connectivity index is 2.20. The summed E-state index contributed by atoms with van der Waals surface area (Å²) >= 11 is 1.80. The van der Waals surface area contributed by atoms with Crippen molar-refractivity contribution in [2.45, 2.75) is 19.9 Å². The van der Waals surface area contributed by atoms with Crippen LogP contribution in [0.5, 0.6) is 0 Å². The van der Waals surface area contributed by atoms with Gasteiger partial charge < -0.3 is 5.32 Å². The molecule has 20 heavy (non-hydrogen) atoms. The molecule has 0 radical (unpaired) electrons. The molecule has 3 aromatic rings. The van der Waals surface area contributed by atoms with Crippen LogP contribution >= 0.6 is 11.3 Å². The molecule has 0 saturated heterocycles. The first-order valence-corrected chi connectivity index (χ1v) is 7.80. The van der Waals surface area contributed by atoms with Crippen LogP contribution in [0, 0.1) is 6.92 Å². The molecule has 0 spiro atoms. The molecular formula is C17H18N2S. The number of rotatable bonds is 4. The molecule has 102 valence electrons. The van der Waals surface area contributed by atoms with Crippen molar-refractivity contribution >= 4 is 22.2 Å². The van der Waals surface area contributed by atoms with Crippen LogP contribution in [0.25, 0.3) is 10.9 Å². The van der Waals surface area contributed by atoms with Gasteiger partial charge in [-0.1, -0.05) is 31.2 Å². The normalized spacial score (nSPS) is 12.7. The third-order valence-electron chi connectivity index (χ3n) is 3.42. The number of nitrogens with zero attached hydrogens (tertiary/aromatic N) is 1. The molecule has 2 heterocycles. The number of fused-ring (bicyclic) bond motifs is 1. The van der Waals surface area contributed by atoms with E-state index >= 15 is 0 Å². The van der Waals surface area contributed by atoms with Crippen LogP contribution in [-0.2, 0) is 0 Å². The molecule has 1 atom stereocenters. The average molecular weight is 282 g/mol. The molecule has 2 aromatic heterocycles. The largest absolute Gasteiger partial charge is 0.306 e. The maximum absolute atomic E-state index is 4.64. The maximum atomic E-state index is 4.64. The highest BCUT2D eigenvalue weighted by Crippen LogP contribution is 2.31. The summed E-state index contributed by atoms with van der Waals surface area (Å²) in [5, 5.41) is 6.97. The summed E-state index contributed by atoms with van der Waals surface area (Å²) in [5.74, 6) is 0. The average Bonchev–Trinajstić information content (AvgIpc) is 2.98. The van der Waals surface area contributed by atoms with Crippen molar-refractivity contribution in [2.24, 2.45) is 0 Å². The molecule has 0 saturated carbocycles. The fraction of sp³-hybridized carbons (Fsp3) is 0.235. The Kier molecular flexibility index (Phi) is 3.81. The van der Waals surface area contributed by atoms with Gasteiger partial charge in [-0.05, 0) is 42.6 Å². The predicted octanol–water partition coefficient (Wildman–Crippen LogP) is 4.30. The fourth-order valence-corrected chi connectivity index (χ4v) is 3.42. The van der Waals surface area contributed by atoms with Gasteiger partial charge in [0.25, 0.3) is 0 Å². The van der Waals surface area contributed by atoms with Gasteiger partial charge in [-0.15, -0.1) is 11.3 Å². The molecule has 3 heteroatoms. The lowest BCUT2D eigenvalue weighted by atomic mass is 9.99. The lowest BCUT2D eigenvalue weighted by Gasteiger charge is -2.19. The van der Waals surface area contributed by atoms with Gasteiger partial charge in [-0.3, -0.25) is 4.98 Å². The zero-order chi connectivity index (χ0) is 13.9. The zero-order valence-electron chi connectivity index (χ0n) is 11.8. The van der Waals surface area contributed by atoms with E-state index in [1.165, 1.54) is 15.8 Å². The molecule has 1 aromatic carbocycles. The molecule has 0 aliphatic carbocycles. The van der Waals surface area contributed by atoms with E-state index in [0.29, 0.717) is 0 Å². The van der Waals surface area contributed by atoms with Gasteiger partial charge in [0.1, 0.15) is 0 Å². The molecule has 3 rings (SSSR count). The van der Waals surface area contributed by atoms with E-state index in [9.17, 15) is 0 Å². The Bertz CT molecular complexity index is 704. The standard InChI is InChI=1S/C17H18N2S/c1-3-18-17(16-9-6-10-20-16)14-11-12(2)19-15-8-5-4-7-13(14)15/h4-11,17-18H,3H2,1-2H3. The molecule has 1 unspecified atom stereocenters. The van der Waals surface area contributed by atoms with E-state index in [-0.39, 0.29) is 6.04 Å². The van der Waals surface area contributed by atoms with E-state index in [1.54, 1.807) is 11.3 Å². The minimum absolute atomic E-state index is 0.242. The number of nitrogens with one attached hydrogen (secondary N) is 1. The Labute approximate surface area is 123 Å². The summed E-state index contributed by atoms with van der Waals surface area (Å²) in [5.41, 5.74) is 3.46. The fourth-order valence-electron chi connectivity index (χ4n) is 2.60. The quantitative estimate of drug-likeness (QED) is 0.771. The topological polar surface area (TPSA) is 24.9 Å². The predicted molar refractivity (Wildman–Crippen MR) is 86.3 cm³/mol. The van der Waals surface area contributed by atoms with Crippen LogP contribution in [-0.4, -0.2) is 11.5 Å². The summed E-state index contributed by atoms with van der Waals surface area (Å²) in [6.07, 6.45) is 0. The number of pyridine rings is 1. The van der Waals surface area contributed by atoms with E-state index in [1.807, 2.05) is 6.07 Å². The summed E-state index contributed by atoms with van der Waals surface area (Å²) in [6.45, 7) is 5.16. The molecular weight excluding hydrogens is 264 g/mol. The Morgan fingerprint density at radius 2 is 2.05 bits per heavy atom. The van der Waals surface area contributed by atoms with Gasteiger partial charge in [-0.25, -0.2) is 0 Å². The monoisotopic (exact) mass is 282 g/mol. The SMILES string of the molecule is CCNC(c1cccs1)c1cc(C)nc2ccccc12. The van der Waals surface area contributed by atoms with Gasteiger partial charge in [0.15, 0.2) is 0 Å². The van der Waals surface area contributed by atoms with Gasteiger partial charge in [0.05, 0.1) is 11.6 Å². The van der Waals surface area contributed by atoms with Crippen LogP contribution in [0.1, 0.15) is 29.1 Å². The second kappa shape index (κ2) is 5.73. The van der Waals surface area contributed by atoms with Crippen molar-refractivity contribution in [3.05, 3.63) is 64.0 Å². The lowest BCUT2D eigenvalue weighted by molar-refractivity contribution is 0.642. The summed E-state index contributed by atoms with van der Waals surface area (Å²) in [6, 6.07) is 15.1. The van der Waals surface area contributed by atoms with Gasteiger partial charge in [0, 0.05) is 16.0 Å². The Morgan fingerprint density at radius 3 is 2.80 bits per heavy atom. The number of para-hydroxylation sites is 1.